The van der Waals surface area contributed by atoms with Crippen molar-refractivity contribution in [2.45, 2.75) is 32.6 Å². The Labute approximate surface area is 135 Å². The Bertz CT molecular complexity index is 709. The first kappa shape index (κ1) is 12.4. The zero-order chi connectivity index (χ0) is 18.2. The van der Waals surface area contributed by atoms with Gasteiger partial charge in [0.2, 0.25) is 0 Å². The molecule has 0 aromatic heterocycles. The number of aliphatic imine (C=N–C) groups is 1. The summed E-state index contributed by atoms with van der Waals surface area (Å²) in [6.07, 6.45) is 4.49. The minimum Gasteiger partial charge on any atom is -0.494 e. The van der Waals surface area contributed by atoms with Crippen LogP contribution in [0.4, 0.5) is 10.1 Å². The van der Waals surface area contributed by atoms with Gasteiger partial charge in [0.05, 0.1) is 16.4 Å². The molecular weight excluding hydrogens is 277 g/mol. The number of benzene rings is 2. The fraction of sp³-hybridized carbons (Fsp3) is 0.316. The van der Waals surface area contributed by atoms with Gasteiger partial charge >= 0.3 is 0 Å². The number of unbranched alkanes of at least 4 members (excludes halogenated alkanes) is 3. The summed E-state index contributed by atoms with van der Waals surface area (Å²) in [5.74, 6) is 0.0816. The second-order valence-corrected chi connectivity index (χ2v) is 4.97. The molecule has 0 aliphatic heterocycles. The summed E-state index contributed by atoms with van der Waals surface area (Å²) in [6.45, 7) is 2.83. The Hall–Kier alpha value is -2.16. The highest BCUT2D eigenvalue weighted by Crippen LogP contribution is 2.15. The van der Waals surface area contributed by atoms with E-state index in [0.717, 1.165) is 30.7 Å². The highest BCUT2D eigenvalue weighted by atomic mass is 19.1. The van der Waals surface area contributed by atoms with Gasteiger partial charge in [-0.05, 0) is 60.5 Å². The number of nitrogens with zero attached hydrogens (tertiary/aromatic N) is 1. The molecule has 2 nitrogen and oxygen atoms in total. The van der Waals surface area contributed by atoms with Crippen LogP contribution in [0.5, 0.6) is 5.75 Å². The Morgan fingerprint density at radius 3 is 2.55 bits per heavy atom. The first-order valence-corrected chi connectivity index (χ1v) is 7.56. The van der Waals surface area contributed by atoms with Gasteiger partial charge in [-0.25, -0.2) is 4.39 Å². The number of hydrogen-bond donors (Lipinski definition) is 0. The van der Waals surface area contributed by atoms with E-state index in [0.29, 0.717) is 12.2 Å². The average molecular weight is 302 g/mol. The lowest BCUT2D eigenvalue weighted by atomic mass is 10.2. The smallest absolute Gasteiger partial charge is 0.123 e. The van der Waals surface area contributed by atoms with Gasteiger partial charge in [-0.2, -0.15) is 0 Å². The van der Waals surface area contributed by atoms with E-state index in [1.54, 1.807) is 24.3 Å². The quantitative estimate of drug-likeness (QED) is 0.463. The molecule has 0 saturated heterocycles. The Balaban J connectivity index is 2.04. The van der Waals surface area contributed by atoms with Crippen molar-refractivity contribution in [3.05, 3.63) is 59.9 Å². The maximum Gasteiger partial charge on any atom is 0.123 e. The Morgan fingerprint density at radius 2 is 1.86 bits per heavy atom. The second kappa shape index (κ2) is 8.98. The topological polar surface area (TPSA) is 21.6 Å². The molecule has 0 atom stereocenters. The van der Waals surface area contributed by atoms with Crippen LogP contribution in [0.15, 0.2) is 53.5 Å². The average Bonchev–Trinajstić information content (AvgIpc) is 2.58. The molecule has 0 aliphatic rings. The van der Waals surface area contributed by atoms with Crippen LogP contribution in [-0.4, -0.2) is 12.8 Å². The van der Waals surface area contributed by atoms with E-state index in [-0.39, 0.29) is 24.0 Å². The van der Waals surface area contributed by atoms with Crippen molar-refractivity contribution in [3.63, 3.8) is 0 Å². The van der Waals surface area contributed by atoms with Crippen LogP contribution in [0.3, 0.4) is 0 Å². The predicted octanol–water partition coefficient (Wildman–Crippen LogP) is 5.54. The molecule has 0 spiro atoms. The van der Waals surface area contributed by atoms with E-state index in [1.165, 1.54) is 12.8 Å². The van der Waals surface area contributed by atoms with Crippen molar-refractivity contribution >= 4 is 11.9 Å². The molecule has 2 rings (SSSR count). The van der Waals surface area contributed by atoms with Gasteiger partial charge in [0.15, 0.2) is 0 Å². The molecule has 3 heteroatoms. The summed E-state index contributed by atoms with van der Waals surface area (Å²) in [5, 5.41) is 0. The van der Waals surface area contributed by atoms with Crippen molar-refractivity contribution in [2.24, 2.45) is 4.99 Å². The summed E-state index contributed by atoms with van der Waals surface area (Å²) in [7, 11) is 0. The number of hydrogen-bond acceptors (Lipinski definition) is 2. The zero-order valence-electron chi connectivity index (χ0n) is 15.7. The molecule has 0 fully saturated rings. The number of halogens is 1. The van der Waals surface area contributed by atoms with Crippen LogP contribution in [0.2, 0.25) is 0 Å². The molecular formula is C19H22FNO. The minimum absolute atomic E-state index is 0.0114. The monoisotopic (exact) mass is 302 g/mol. The van der Waals surface area contributed by atoms with Crippen molar-refractivity contribution in [2.75, 3.05) is 6.61 Å². The third-order valence-corrected chi connectivity index (χ3v) is 3.11. The number of rotatable bonds is 8. The molecule has 0 amide bonds. The first-order valence-electron chi connectivity index (χ1n) is 9.06. The molecule has 0 bridgehead atoms. The molecule has 2 aromatic carbocycles. The van der Waals surface area contributed by atoms with Crippen LogP contribution >= 0.6 is 0 Å². The van der Waals surface area contributed by atoms with Gasteiger partial charge in [0.1, 0.15) is 11.6 Å². The van der Waals surface area contributed by atoms with Gasteiger partial charge < -0.3 is 4.74 Å². The van der Waals surface area contributed by atoms with Gasteiger partial charge in [-0.15, -0.1) is 0 Å². The minimum atomic E-state index is -0.652. The van der Waals surface area contributed by atoms with Gasteiger partial charge in [-0.3, -0.25) is 4.99 Å². The maximum atomic E-state index is 13.1. The lowest BCUT2D eigenvalue weighted by Crippen LogP contribution is -1.97. The Morgan fingerprint density at radius 1 is 1.14 bits per heavy atom. The van der Waals surface area contributed by atoms with Gasteiger partial charge in [-0.1, -0.05) is 26.2 Å². The Kier molecular flexibility index (Phi) is 5.06. The first-order chi connectivity index (χ1) is 12.0. The summed E-state index contributed by atoms with van der Waals surface area (Å²) in [4.78, 5) is 4.00. The summed E-state index contributed by atoms with van der Waals surface area (Å²) >= 11 is 0. The number of ether oxygens (including phenoxy) is 1. The molecule has 2 aromatic rings. The third-order valence-electron chi connectivity index (χ3n) is 3.11. The fourth-order valence-corrected chi connectivity index (χ4v) is 1.89. The van der Waals surface area contributed by atoms with E-state index in [1.807, 2.05) is 0 Å². The lowest BCUT2D eigenvalue weighted by molar-refractivity contribution is 0.305. The highest BCUT2D eigenvalue weighted by molar-refractivity contribution is 5.82. The van der Waals surface area contributed by atoms with Gasteiger partial charge in [0.25, 0.3) is 0 Å². The van der Waals surface area contributed by atoms with Crippen LogP contribution < -0.4 is 4.74 Å². The summed E-state index contributed by atoms with van der Waals surface area (Å²) < 4.78 is 42.2. The molecule has 0 heterocycles. The van der Waals surface area contributed by atoms with E-state index < -0.39 is 5.82 Å². The largest absolute Gasteiger partial charge is 0.494 e. The van der Waals surface area contributed by atoms with Crippen LogP contribution in [-0.2, 0) is 0 Å². The van der Waals surface area contributed by atoms with Crippen molar-refractivity contribution in [1.82, 2.24) is 0 Å². The maximum absolute atomic E-state index is 13.1. The van der Waals surface area contributed by atoms with E-state index >= 15 is 0 Å². The molecule has 0 saturated carbocycles. The normalized spacial score (nSPS) is 13.4. The van der Waals surface area contributed by atoms with Crippen LogP contribution in [0, 0.1) is 5.82 Å². The predicted molar refractivity (Wildman–Crippen MR) is 89.7 cm³/mol. The molecule has 0 radical (unpaired) electrons. The highest BCUT2D eigenvalue weighted by Gasteiger charge is 1.95. The zero-order valence-corrected chi connectivity index (χ0v) is 12.7. The van der Waals surface area contributed by atoms with Gasteiger partial charge in [0, 0.05) is 6.19 Å². The standard InChI is InChI=1S/C19H22FNO/c1-2-3-4-5-14-22-19-12-6-16(7-13-19)15-21-18-10-8-17(20)9-11-18/h6-13,15H,2-5,14H2,1H3/i10D,11D,15D. The van der Waals surface area contributed by atoms with Crippen LogP contribution in [0.1, 0.15) is 42.3 Å². The second-order valence-electron chi connectivity index (χ2n) is 4.97. The van der Waals surface area contributed by atoms with Crippen molar-refractivity contribution < 1.29 is 13.2 Å². The van der Waals surface area contributed by atoms with E-state index in [2.05, 4.69) is 11.9 Å². The van der Waals surface area contributed by atoms with E-state index in [9.17, 15) is 4.39 Å². The van der Waals surface area contributed by atoms with Crippen molar-refractivity contribution in [3.8, 4) is 5.75 Å². The molecule has 0 N–H and O–H groups in total. The fourth-order valence-electron chi connectivity index (χ4n) is 1.89. The third kappa shape index (κ3) is 5.68. The summed E-state index contributed by atoms with van der Waals surface area (Å²) in [6, 6.07) is 8.52. The molecule has 22 heavy (non-hydrogen) atoms. The molecule has 116 valence electrons. The molecule has 0 aliphatic carbocycles. The molecule has 0 unspecified atom stereocenters. The summed E-state index contributed by atoms with van der Waals surface area (Å²) in [5.41, 5.74) is 0.532. The lowest BCUT2D eigenvalue weighted by Gasteiger charge is -2.05. The van der Waals surface area contributed by atoms with Crippen LogP contribution in [0.25, 0.3) is 0 Å². The van der Waals surface area contributed by atoms with E-state index in [4.69, 9.17) is 8.85 Å². The van der Waals surface area contributed by atoms with Crippen molar-refractivity contribution in [1.29, 1.82) is 0 Å². The SMILES string of the molecule is [2H]C(=Nc1c([2H])cc(F)cc1[2H])c1ccc(OCCCCCC)cc1.